The highest BCUT2D eigenvalue weighted by atomic mass is 35.5. The van der Waals surface area contributed by atoms with Gasteiger partial charge < -0.3 is 5.32 Å². The molecule has 2 aromatic carbocycles. The van der Waals surface area contributed by atoms with Gasteiger partial charge in [-0.3, -0.25) is 9.52 Å². The Kier molecular flexibility index (Phi) is 5.48. The van der Waals surface area contributed by atoms with E-state index >= 15 is 0 Å². The number of nitrogens with one attached hydrogen (secondary N) is 2. The normalized spacial score (nSPS) is 15.0. The molecule has 1 saturated carbocycles. The van der Waals surface area contributed by atoms with Gasteiger partial charge in [0.15, 0.2) is 0 Å². The zero-order chi connectivity index (χ0) is 18.7. The fourth-order valence-electron chi connectivity index (χ4n) is 2.93. The summed E-state index contributed by atoms with van der Waals surface area (Å²) in [6.07, 6.45) is 3.91. The summed E-state index contributed by atoms with van der Waals surface area (Å²) in [4.78, 5) is 12.3. The third-order valence-electron chi connectivity index (χ3n) is 4.30. The molecule has 0 heterocycles. The van der Waals surface area contributed by atoms with Crippen LogP contribution in [-0.4, -0.2) is 20.4 Å². The molecule has 138 valence electrons. The van der Waals surface area contributed by atoms with Crippen LogP contribution in [0.15, 0.2) is 47.4 Å². The Labute approximate surface area is 156 Å². The van der Waals surface area contributed by atoms with Gasteiger partial charge in [0.1, 0.15) is 5.82 Å². The van der Waals surface area contributed by atoms with Crippen molar-refractivity contribution in [3.8, 4) is 0 Å². The number of hydrogen-bond donors (Lipinski definition) is 2. The van der Waals surface area contributed by atoms with Gasteiger partial charge in [0.25, 0.3) is 15.9 Å². The number of halogens is 2. The Hall–Kier alpha value is -2.12. The van der Waals surface area contributed by atoms with E-state index in [4.69, 9.17) is 11.6 Å². The van der Waals surface area contributed by atoms with E-state index in [1.165, 1.54) is 36.4 Å². The fraction of sp³-hybridized carbons (Fsp3) is 0.278. The largest absolute Gasteiger partial charge is 0.349 e. The highest BCUT2D eigenvalue weighted by molar-refractivity contribution is 7.92. The second kappa shape index (κ2) is 7.63. The van der Waals surface area contributed by atoms with Crippen LogP contribution in [0.25, 0.3) is 0 Å². The van der Waals surface area contributed by atoms with Gasteiger partial charge in [-0.05, 0) is 43.2 Å². The van der Waals surface area contributed by atoms with Crippen LogP contribution in [0.3, 0.4) is 0 Å². The maximum Gasteiger partial charge on any atom is 0.262 e. The average molecular weight is 397 g/mol. The van der Waals surface area contributed by atoms with Crippen LogP contribution in [0.2, 0.25) is 5.02 Å². The first-order valence-corrected chi connectivity index (χ1v) is 10.1. The number of anilines is 1. The van der Waals surface area contributed by atoms with Gasteiger partial charge in [-0.2, -0.15) is 0 Å². The molecule has 2 N–H and O–H groups in total. The van der Waals surface area contributed by atoms with Crippen molar-refractivity contribution < 1.29 is 17.6 Å². The molecule has 1 aliphatic rings. The first-order chi connectivity index (χ1) is 12.4. The minimum atomic E-state index is -4.06. The van der Waals surface area contributed by atoms with E-state index in [1.807, 2.05) is 0 Å². The average Bonchev–Trinajstić information content (AvgIpc) is 3.10. The van der Waals surface area contributed by atoms with Crippen LogP contribution in [0.5, 0.6) is 0 Å². The molecule has 0 atom stereocenters. The van der Waals surface area contributed by atoms with E-state index < -0.39 is 21.7 Å². The van der Waals surface area contributed by atoms with Crippen LogP contribution >= 0.6 is 11.6 Å². The van der Waals surface area contributed by atoms with Gasteiger partial charge in [0.05, 0.1) is 21.2 Å². The minimum absolute atomic E-state index is 0.0787. The molecule has 0 radical (unpaired) electrons. The molecule has 0 aliphatic heterocycles. The predicted molar refractivity (Wildman–Crippen MR) is 98.4 cm³/mol. The summed E-state index contributed by atoms with van der Waals surface area (Å²) < 4.78 is 41.0. The van der Waals surface area contributed by atoms with Crippen molar-refractivity contribution in [3.63, 3.8) is 0 Å². The Balaban J connectivity index is 1.86. The summed E-state index contributed by atoms with van der Waals surface area (Å²) >= 11 is 6.08. The summed E-state index contributed by atoms with van der Waals surface area (Å²) in [7, 11) is -4.06. The summed E-state index contributed by atoms with van der Waals surface area (Å²) in [5.41, 5.74) is -0.0885. The molecule has 26 heavy (non-hydrogen) atoms. The molecule has 1 fully saturated rings. The van der Waals surface area contributed by atoms with Crippen LogP contribution in [0, 0.1) is 5.82 Å². The lowest BCUT2D eigenvalue weighted by Crippen LogP contribution is -2.32. The van der Waals surface area contributed by atoms with Crippen LogP contribution < -0.4 is 10.0 Å². The maximum absolute atomic E-state index is 13.7. The third kappa shape index (κ3) is 4.16. The van der Waals surface area contributed by atoms with Crippen molar-refractivity contribution in [3.05, 3.63) is 58.9 Å². The van der Waals surface area contributed by atoms with E-state index in [-0.39, 0.29) is 27.2 Å². The lowest BCUT2D eigenvalue weighted by atomic mass is 10.2. The monoisotopic (exact) mass is 396 g/mol. The van der Waals surface area contributed by atoms with Gasteiger partial charge in [0.2, 0.25) is 0 Å². The topological polar surface area (TPSA) is 75.3 Å². The van der Waals surface area contributed by atoms with E-state index in [2.05, 4.69) is 10.0 Å². The molecule has 2 aromatic rings. The zero-order valence-corrected chi connectivity index (χ0v) is 15.4. The number of amides is 1. The standard InChI is InChI=1S/C18H18ClFN2O3S/c19-15-10-9-13(11-14(15)18(23)21-12-5-1-2-6-12)26(24,25)22-17-8-4-3-7-16(17)20/h3-4,7-12,22H,1-2,5-6H2,(H,21,23). The zero-order valence-electron chi connectivity index (χ0n) is 13.8. The summed E-state index contributed by atoms with van der Waals surface area (Å²) in [5.74, 6) is -1.10. The van der Waals surface area contributed by atoms with Gasteiger partial charge in [-0.15, -0.1) is 0 Å². The van der Waals surface area contributed by atoms with Crippen molar-refractivity contribution in [2.24, 2.45) is 0 Å². The summed E-state index contributed by atoms with van der Waals surface area (Å²) in [6, 6.07) is 9.35. The highest BCUT2D eigenvalue weighted by Gasteiger charge is 2.22. The van der Waals surface area contributed by atoms with Crippen molar-refractivity contribution in [1.82, 2.24) is 5.32 Å². The molecule has 0 aromatic heterocycles. The van der Waals surface area contributed by atoms with E-state index in [0.29, 0.717) is 0 Å². The van der Waals surface area contributed by atoms with Gasteiger partial charge >= 0.3 is 0 Å². The molecule has 0 bridgehead atoms. The van der Waals surface area contributed by atoms with Crippen LogP contribution in [0.1, 0.15) is 36.0 Å². The first kappa shape index (κ1) is 18.7. The van der Waals surface area contributed by atoms with E-state index in [1.54, 1.807) is 0 Å². The lowest BCUT2D eigenvalue weighted by molar-refractivity contribution is 0.0938. The molecule has 8 heteroatoms. The molecule has 0 unspecified atom stereocenters. The second-order valence-electron chi connectivity index (χ2n) is 6.18. The van der Waals surface area contributed by atoms with Crippen molar-refractivity contribution in [1.29, 1.82) is 0 Å². The highest BCUT2D eigenvalue weighted by Crippen LogP contribution is 2.25. The minimum Gasteiger partial charge on any atom is -0.349 e. The Morgan fingerprint density at radius 3 is 2.50 bits per heavy atom. The predicted octanol–water partition coefficient (Wildman–Crippen LogP) is 3.95. The first-order valence-electron chi connectivity index (χ1n) is 8.24. The SMILES string of the molecule is O=C(NC1CCCC1)c1cc(S(=O)(=O)Nc2ccccc2F)ccc1Cl. The molecule has 0 saturated heterocycles. The molecule has 1 amide bonds. The number of carbonyl (C=O) groups excluding carboxylic acids is 1. The number of rotatable bonds is 5. The van der Waals surface area contributed by atoms with Gasteiger partial charge in [-0.1, -0.05) is 36.6 Å². The lowest BCUT2D eigenvalue weighted by Gasteiger charge is -2.14. The molecule has 3 rings (SSSR count). The number of benzene rings is 2. The Bertz CT molecular complexity index is 928. The molecule has 0 spiro atoms. The van der Waals surface area contributed by atoms with E-state index in [0.717, 1.165) is 31.7 Å². The molecular weight excluding hydrogens is 379 g/mol. The second-order valence-corrected chi connectivity index (χ2v) is 8.27. The summed E-state index contributed by atoms with van der Waals surface area (Å²) in [5, 5.41) is 3.03. The third-order valence-corrected chi connectivity index (χ3v) is 5.99. The fourth-order valence-corrected chi connectivity index (χ4v) is 4.22. The number of carbonyl (C=O) groups is 1. The number of hydrogen-bond acceptors (Lipinski definition) is 3. The van der Waals surface area contributed by atoms with Crippen LogP contribution in [-0.2, 0) is 10.0 Å². The smallest absolute Gasteiger partial charge is 0.262 e. The van der Waals surface area contributed by atoms with Gasteiger partial charge in [-0.25, -0.2) is 12.8 Å². The van der Waals surface area contributed by atoms with Crippen LogP contribution in [0.4, 0.5) is 10.1 Å². The van der Waals surface area contributed by atoms with Crippen molar-refractivity contribution in [2.45, 2.75) is 36.6 Å². The molecule has 5 nitrogen and oxygen atoms in total. The van der Waals surface area contributed by atoms with Gasteiger partial charge in [0, 0.05) is 6.04 Å². The summed E-state index contributed by atoms with van der Waals surface area (Å²) in [6.45, 7) is 0. The van der Waals surface area contributed by atoms with Crippen molar-refractivity contribution in [2.75, 3.05) is 4.72 Å². The number of sulfonamides is 1. The number of para-hydroxylation sites is 1. The van der Waals surface area contributed by atoms with E-state index in [9.17, 15) is 17.6 Å². The molecule has 1 aliphatic carbocycles. The molecular formula is C18H18ClFN2O3S. The van der Waals surface area contributed by atoms with Crippen molar-refractivity contribution >= 4 is 33.2 Å². The maximum atomic E-state index is 13.7. The Morgan fingerprint density at radius 1 is 1.12 bits per heavy atom. The quantitative estimate of drug-likeness (QED) is 0.803. The Morgan fingerprint density at radius 2 is 1.81 bits per heavy atom.